The first-order valence-electron chi connectivity index (χ1n) is 12.3. The number of aromatic nitrogens is 2. The third-order valence-corrected chi connectivity index (χ3v) is 7.63. The number of fused-ring (bicyclic) bond motifs is 1. The van der Waals surface area contributed by atoms with Crippen LogP contribution in [-0.4, -0.2) is 46.0 Å². The molecule has 2 fully saturated rings. The number of carbonyl (C=O) groups is 2. The topological polar surface area (TPSA) is 78.1 Å². The molecule has 1 saturated heterocycles. The minimum absolute atomic E-state index is 0.00204. The molecule has 2 amide bonds. The molecule has 0 unspecified atom stereocenters. The van der Waals surface area contributed by atoms with Crippen LogP contribution in [0, 0.1) is 5.41 Å². The van der Waals surface area contributed by atoms with Crippen molar-refractivity contribution in [1.29, 1.82) is 0 Å². The summed E-state index contributed by atoms with van der Waals surface area (Å²) >= 11 is 0. The molecule has 0 bridgehead atoms. The Morgan fingerprint density at radius 1 is 0.886 bits per heavy atom. The predicted octanol–water partition coefficient (Wildman–Crippen LogP) is 5.04. The SMILES string of the molecule is O=C(NC1CCC2(CC1)CN(C(=O)c1n[nH]c3cc(-c4ccccc4)ccc13)C2)c1ccccc1. The van der Waals surface area contributed by atoms with E-state index in [-0.39, 0.29) is 23.3 Å². The monoisotopic (exact) mass is 464 g/mol. The van der Waals surface area contributed by atoms with Gasteiger partial charge in [0.2, 0.25) is 0 Å². The molecule has 0 radical (unpaired) electrons. The van der Waals surface area contributed by atoms with E-state index in [1.54, 1.807) is 0 Å². The number of aromatic amines is 1. The van der Waals surface area contributed by atoms with Crippen molar-refractivity contribution in [3.63, 3.8) is 0 Å². The van der Waals surface area contributed by atoms with Gasteiger partial charge in [-0.25, -0.2) is 0 Å². The first kappa shape index (κ1) is 21.6. The molecular weight excluding hydrogens is 436 g/mol. The van der Waals surface area contributed by atoms with Gasteiger partial charge in [-0.05, 0) is 61.1 Å². The zero-order valence-corrected chi connectivity index (χ0v) is 19.5. The number of nitrogens with zero attached hydrogens (tertiary/aromatic N) is 2. The third kappa shape index (κ3) is 4.09. The number of hydrogen-bond acceptors (Lipinski definition) is 3. The Balaban J connectivity index is 1.07. The minimum atomic E-state index is -0.00570. The molecule has 1 spiro atoms. The minimum Gasteiger partial charge on any atom is -0.349 e. The van der Waals surface area contributed by atoms with Crippen LogP contribution in [0.2, 0.25) is 0 Å². The van der Waals surface area contributed by atoms with E-state index in [0.29, 0.717) is 11.3 Å². The highest BCUT2D eigenvalue weighted by Gasteiger charge is 2.47. The maximum atomic E-state index is 13.2. The molecule has 2 aliphatic rings. The Hall–Kier alpha value is -3.93. The summed E-state index contributed by atoms with van der Waals surface area (Å²) in [4.78, 5) is 27.6. The summed E-state index contributed by atoms with van der Waals surface area (Å²) in [6.07, 6.45) is 3.96. The number of nitrogens with one attached hydrogen (secondary N) is 2. The molecule has 0 atom stereocenters. The Labute approximate surface area is 204 Å². The van der Waals surface area contributed by atoms with Crippen LogP contribution in [0.3, 0.4) is 0 Å². The number of H-pyrrole nitrogens is 1. The van der Waals surface area contributed by atoms with Gasteiger partial charge in [0.15, 0.2) is 5.69 Å². The second-order valence-corrected chi connectivity index (χ2v) is 9.97. The molecule has 6 heteroatoms. The average molecular weight is 465 g/mol. The molecule has 6 rings (SSSR count). The lowest BCUT2D eigenvalue weighted by molar-refractivity contribution is -0.0200. The van der Waals surface area contributed by atoms with E-state index in [1.165, 1.54) is 0 Å². The van der Waals surface area contributed by atoms with Crippen LogP contribution in [0.15, 0.2) is 78.9 Å². The maximum Gasteiger partial charge on any atom is 0.275 e. The Morgan fingerprint density at radius 3 is 2.29 bits per heavy atom. The lowest BCUT2D eigenvalue weighted by atomic mass is 9.67. The summed E-state index contributed by atoms with van der Waals surface area (Å²) < 4.78 is 0. The summed E-state index contributed by atoms with van der Waals surface area (Å²) in [5.41, 5.74) is 4.49. The quantitative estimate of drug-likeness (QED) is 0.444. The van der Waals surface area contributed by atoms with Gasteiger partial charge < -0.3 is 10.2 Å². The lowest BCUT2D eigenvalue weighted by Gasteiger charge is -2.53. The molecule has 1 aliphatic carbocycles. The second kappa shape index (κ2) is 8.69. The fourth-order valence-electron chi connectivity index (χ4n) is 5.60. The molecule has 176 valence electrons. The van der Waals surface area contributed by atoms with Crippen molar-refractivity contribution in [1.82, 2.24) is 20.4 Å². The van der Waals surface area contributed by atoms with Crippen LogP contribution in [0.25, 0.3) is 22.0 Å². The van der Waals surface area contributed by atoms with E-state index in [0.717, 1.165) is 60.8 Å². The summed E-state index contributed by atoms with van der Waals surface area (Å²) in [7, 11) is 0. The number of hydrogen-bond donors (Lipinski definition) is 2. The van der Waals surface area contributed by atoms with Crippen LogP contribution in [0.5, 0.6) is 0 Å². The molecular formula is C29H28N4O2. The highest BCUT2D eigenvalue weighted by atomic mass is 16.2. The van der Waals surface area contributed by atoms with Gasteiger partial charge in [0.25, 0.3) is 11.8 Å². The fourth-order valence-corrected chi connectivity index (χ4v) is 5.60. The van der Waals surface area contributed by atoms with E-state index >= 15 is 0 Å². The van der Waals surface area contributed by atoms with Crippen molar-refractivity contribution in [2.24, 2.45) is 5.41 Å². The zero-order valence-electron chi connectivity index (χ0n) is 19.5. The normalized spacial score (nSPS) is 17.3. The van der Waals surface area contributed by atoms with Gasteiger partial charge >= 0.3 is 0 Å². The van der Waals surface area contributed by atoms with Gasteiger partial charge in [-0.15, -0.1) is 0 Å². The summed E-state index contributed by atoms with van der Waals surface area (Å²) in [6.45, 7) is 1.53. The van der Waals surface area contributed by atoms with Crippen LogP contribution in [0.4, 0.5) is 0 Å². The van der Waals surface area contributed by atoms with Gasteiger partial charge in [-0.1, -0.05) is 54.6 Å². The number of carbonyl (C=O) groups excluding carboxylic acids is 2. The standard InChI is InChI=1S/C29H28N4O2/c34-27(21-9-5-2-6-10-21)30-23-13-15-29(16-14-23)18-33(19-29)28(35)26-24-12-11-22(17-25(24)31-32-26)20-7-3-1-4-8-20/h1-12,17,23H,13-16,18-19H2,(H,30,34)(H,31,32). The zero-order chi connectivity index (χ0) is 23.8. The number of likely N-dealkylation sites (tertiary alicyclic amines) is 1. The number of rotatable bonds is 4. The predicted molar refractivity (Wildman–Crippen MR) is 136 cm³/mol. The third-order valence-electron chi connectivity index (χ3n) is 7.63. The molecule has 1 aromatic heterocycles. The molecule has 35 heavy (non-hydrogen) atoms. The average Bonchev–Trinajstić information content (AvgIpc) is 3.32. The van der Waals surface area contributed by atoms with Gasteiger partial charge in [-0.2, -0.15) is 5.10 Å². The molecule has 1 saturated carbocycles. The van der Waals surface area contributed by atoms with Crippen LogP contribution >= 0.6 is 0 Å². The fraction of sp³-hybridized carbons (Fsp3) is 0.276. The van der Waals surface area contributed by atoms with Crippen molar-refractivity contribution in [2.45, 2.75) is 31.7 Å². The van der Waals surface area contributed by atoms with Crippen molar-refractivity contribution in [2.75, 3.05) is 13.1 Å². The Morgan fingerprint density at radius 2 is 1.57 bits per heavy atom. The highest BCUT2D eigenvalue weighted by Crippen LogP contribution is 2.44. The van der Waals surface area contributed by atoms with Crippen LogP contribution in [-0.2, 0) is 0 Å². The van der Waals surface area contributed by atoms with E-state index in [4.69, 9.17) is 0 Å². The van der Waals surface area contributed by atoms with Gasteiger partial charge in [-0.3, -0.25) is 14.7 Å². The van der Waals surface area contributed by atoms with Gasteiger partial charge in [0, 0.05) is 35.5 Å². The van der Waals surface area contributed by atoms with Crippen LogP contribution < -0.4 is 5.32 Å². The summed E-state index contributed by atoms with van der Waals surface area (Å²) in [5.74, 6) is -0.00774. The van der Waals surface area contributed by atoms with Gasteiger partial charge in [0.1, 0.15) is 0 Å². The second-order valence-electron chi connectivity index (χ2n) is 9.97. The van der Waals surface area contributed by atoms with Crippen molar-refractivity contribution < 1.29 is 9.59 Å². The van der Waals surface area contributed by atoms with Crippen LogP contribution in [0.1, 0.15) is 46.5 Å². The highest BCUT2D eigenvalue weighted by molar-refractivity contribution is 6.05. The Bertz CT molecular complexity index is 1360. The molecule has 2 heterocycles. The first-order chi connectivity index (χ1) is 17.1. The Kier molecular flexibility index (Phi) is 5.36. The van der Waals surface area contributed by atoms with E-state index in [9.17, 15) is 9.59 Å². The largest absolute Gasteiger partial charge is 0.349 e. The number of amides is 2. The molecule has 2 N–H and O–H groups in total. The van der Waals surface area contributed by atoms with E-state index in [1.807, 2.05) is 65.6 Å². The molecule has 4 aromatic rings. The van der Waals surface area contributed by atoms with E-state index in [2.05, 4.69) is 33.7 Å². The van der Waals surface area contributed by atoms with Crippen molar-refractivity contribution in [3.8, 4) is 11.1 Å². The molecule has 1 aliphatic heterocycles. The maximum absolute atomic E-state index is 13.2. The first-order valence-corrected chi connectivity index (χ1v) is 12.3. The lowest BCUT2D eigenvalue weighted by Crippen LogP contribution is -2.60. The molecule has 3 aromatic carbocycles. The summed E-state index contributed by atoms with van der Waals surface area (Å²) in [6, 6.07) is 25.9. The smallest absolute Gasteiger partial charge is 0.275 e. The molecule has 6 nitrogen and oxygen atoms in total. The van der Waals surface area contributed by atoms with E-state index < -0.39 is 0 Å². The number of benzene rings is 3. The van der Waals surface area contributed by atoms with Gasteiger partial charge in [0.05, 0.1) is 5.52 Å². The van der Waals surface area contributed by atoms with Crippen molar-refractivity contribution in [3.05, 3.63) is 90.1 Å². The van der Waals surface area contributed by atoms with Crippen molar-refractivity contribution >= 4 is 22.7 Å². The summed E-state index contributed by atoms with van der Waals surface area (Å²) in [5, 5.41) is 11.5.